The van der Waals surface area contributed by atoms with Crippen molar-refractivity contribution in [3.05, 3.63) is 45.8 Å². The third-order valence-electron chi connectivity index (χ3n) is 1.79. The average Bonchev–Trinajstić information content (AvgIpc) is 2.16. The Morgan fingerprint density at radius 3 is 2.18 bits per heavy atom. The molecule has 0 N–H and O–H groups in total. The SMILES string of the molecule is [N-]=[N+]=NS(=O)(=O)Cc1ccc(C(F)(F)F)cc1. The molecule has 0 bridgehead atoms. The summed E-state index contributed by atoms with van der Waals surface area (Å²) >= 11 is 0. The Morgan fingerprint density at radius 1 is 1.24 bits per heavy atom. The van der Waals surface area contributed by atoms with Crippen molar-refractivity contribution in [1.29, 1.82) is 0 Å². The van der Waals surface area contributed by atoms with Gasteiger partial charge in [0.15, 0.2) is 0 Å². The van der Waals surface area contributed by atoms with Crippen LogP contribution in [0.5, 0.6) is 0 Å². The molecule has 0 heterocycles. The van der Waals surface area contributed by atoms with E-state index in [9.17, 15) is 21.6 Å². The topological polar surface area (TPSA) is 82.9 Å². The highest BCUT2D eigenvalue weighted by Crippen LogP contribution is 2.29. The summed E-state index contributed by atoms with van der Waals surface area (Å²) in [5.41, 5.74) is 7.20. The van der Waals surface area contributed by atoms with Gasteiger partial charge >= 0.3 is 6.18 Å². The Morgan fingerprint density at radius 2 is 1.76 bits per heavy atom. The Hall–Kier alpha value is -1.73. The van der Waals surface area contributed by atoms with Gasteiger partial charge in [-0.3, -0.25) is 0 Å². The van der Waals surface area contributed by atoms with Crippen LogP contribution >= 0.6 is 0 Å². The summed E-state index contributed by atoms with van der Waals surface area (Å²) in [4.78, 5) is 2.12. The maximum atomic E-state index is 12.2. The number of hydrogen-bond acceptors (Lipinski definition) is 2. The number of nitrogens with zero attached hydrogens (tertiary/aromatic N) is 3. The van der Waals surface area contributed by atoms with Crippen LogP contribution < -0.4 is 0 Å². The summed E-state index contributed by atoms with van der Waals surface area (Å²) in [7, 11) is -4.01. The number of azide groups is 1. The summed E-state index contributed by atoms with van der Waals surface area (Å²) in [5.74, 6) is -0.630. The zero-order valence-electron chi connectivity index (χ0n) is 8.22. The zero-order chi connectivity index (χ0) is 13.1. The molecule has 1 rings (SSSR count). The first-order valence-corrected chi connectivity index (χ1v) is 5.81. The second-order valence-electron chi connectivity index (χ2n) is 3.09. The lowest BCUT2D eigenvalue weighted by Gasteiger charge is -2.06. The standard InChI is InChI=1S/C8H6F3N3O2S/c9-8(10,11)7-3-1-6(2-4-7)5-17(15,16)14-13-12/h1-4H,5H2. The van der Waals surface area contributed by atoms with E-state index in [1.165, 1.54) is 0 Å². The number of hydrogen-bond donors (Lipinski definition) is 0. The van der Waals surface area contributed by atoms with Crippen LogP contribution in [0, 0.1) is 0 Å². The number of halogens is 3. The Balaban J connectivity index is 2.94. The van der Waals surface area contributed by atoms with Crippen LogP contribution in [0.25, 0.3) is 10.4 Å². The van der Waals surface area contributed by atoms with Gasteiger partial charge in [0.2, 0.25) is 10.0 Å². The van der Waals surface area contributed by atoms with Gasteiger partial charge in [-0.15, -0.1) is 0 Å². The molecule has 0 radical (unpaired) electrons. The van der Waals surface area contributed by atoms with Crippen molar-refractivity contribution in [1.82, 2.24) is 0 Å². The third kappa shape index (κ3) is 3.97. The van der Waals surface area contributed by atoms with Gasteiger partial charge in [-0.25, -0.2) is 8.42 Å². The normalized spacial score (nSPS) is 11.9. The van der Waals surface area contributed by atoms with Crippen molar-refractivity contribution in [2.24, 2.45) is 4.52 Å². The summed E-state index contributed by atoms with van der Waals surface area (Å²) < 4.78 is 61.2. The molecule has 0 aromatic heterocycles. The van der Waals surface area contributed by atoms with E-state index in [1.54, 1.807) is 0 Å². The maximum absolute atomic E-state index is 12.2. The summed E-state index contributed by atoms with van der Waals surface area (Å²) in [6.45, 7) is 0. The van der Waals surface area contributed by atoms with Crippen molar-refractivity contribution in [2.45, 2.75) is 11.9 Å². The number of alkyl halides is 3. The van der Waals surface area contributed by atoms with Gasteiger partial charge in [0, 0.05) is 9.43 Å². The van der Waals surface area contributed by atoms with Gasteiger partial charge in [-0.1, -0.05) is 12.1 Å². The van der Waals surface area contributed by atoms with E-state index in [2.05, 4.69) is 9.43 Å². The highest BCUT2D eigenvalue weighted by Gasteiger charge is 2.30. The highest BCUT2D eigenvalue weighted by molar-refractivity contribution is 7.89. The van der Waals surface area contributed by atoms with E-state index in [0.717, 1.165) is 24.3 Å². The fourth-order valence-corrected chi connectivity index (χ4v) is 1.87. The first kappa shape index (κ1) is 13.3. The smallest absolute Gasteiger partial charge is 0.221 e. The van der Waals surface area contributed by atoms with Crippen molar-refractivity contribution < 1.29 is 21.6 Å². The quantitative estimate of drug-likeness (QED) is 0.478. The number of benzene rings is 1. The van der Waals surface area contributed by atoms with E-state index in [-0.39, 0.29) is 5.56 Å². The molecule has 9 heteroatoms. The van der Waals surface area contributed by atoms with Crippen molar-refractivity contribution in [2.75, 3.05) is 0 Å². The second kappa shape index (κ2) is 4.64. The second-order valence-corrected chi connectivity index (χ2v) is 4.71. The molecule has 0 unspecified atom stereocenters. The first-order valence-electron chi connectivity index (χ1n) is 4.20. The average molecular weight is 265 g/mol. The fourth-order valence-electron chi connectivity index (χ4n) is 1.09. The fraction of sp³-hybridized carbons (Fsp3) is 0.250. The minimum atomic E-state index is -4.47. The molecular weight excluding hydrogens is 259 g/mol. The van der Waals surface area contributed by atoms with E-state index in [4.69, 9.17) is 5.53 Å². The van der Waals surface area contributed by atoms with Gasteiger partial charge in [0.1, 0.15) is 0 Å². The lowest BCUT2D eigenvalue weighted by Crippen LogP contribution is -2.05. The van der Waals surface area contributed by atoms with Crippen LogP contribution in [0.1, 0.15) is 11.1 Å². The lowest BCUT2D eigenvalue weighted by atomic mass is 10.1. The summed E-state index contributed by atoms with van der Waals surface area (Å²) in [5, 5.41) is 0. The zero-order valence-corrected chi connectivity index (χ0v) is 9.03. The minimum absolute atomic E-state index is 0.116. The molecule has 5 nitrogen and oxygen atoms in total. The minimum Gasteiger partial charge on any atom is -0.221 e. The third-order valence-corrected chi connectivity index (χ3v) is 2.81. The Kier molecular flexibility index (Phi) is 3.64. The number of sulfonamides is 1. The van der Waals surface area contributed by atoms with Gasteiger partial charge in [-0.2, -0.15) is 13.2 Å². The molecule has 1 aromatic carbocycles. The Bertz CT molecular complexity index is 544. The van der Waals surface area contributed by atoms with Crippen molar-refractivity contribution in [3.8, 4) is 0 Å². The van der Waals surface area contributed by atoms with Gasteiger partial charge in [0.05, 0.1) is 11.3 Å². The van der Waals surface area contributed by atoms with Gasteiger partial charge < -0.3 is 0 Å². The van der Waals surface area contributed by atoms with E-state index < -0.39 is 27.5 Å². The van der Waals surface area contributed by atoms with E-state index in [1.807, 2.05) is 0 Å². The Labute approximate surface area is 94.6 Å². The molecule has 0 amide bonds. The van der Waals surface area contributed by atoms with Crippen molar-refractivity contribution in [3.63, 3.8) is 0 Å². The molecule has 0 atom stereocenters. The van der Waals surface area contributed by atoms with E-state index in [0.29, 0.717) is 0 Å². The predicted octanol–water partition coefficient (Wildman–Crippen LogP) is 2.85. The van der Waals surface area contributed by atoms with Crippen molar-refractivity contribution >= 4 is 10.0 Å². The van der Waals surface area contributed by atoms with Crippen LogP contribution in [-0.2, 0) is 22.0 Å². The number of rotatable bonds is 3. The molecule has 0 aliphatic carbocycles. The van der Waals surface area contributed by atoms with Crippen LogP contribution in [0.4, 0.5) is 13.2 Å². The molecule has 0 aliphatic rings. The summed E-state index contributed by atoms with van der Waals surface area (Å²) in [6.07, 6.45) is -4.47. The predicted molar refractivity (Wildman–Crippen MR) is 53.2 cm³/mol. The van der Waals surface area contributed by atoms with Crippen LogP contribution in [0.15, 0.2) is 28.8 Å². The molecule has 1 aromatic rings. The lowest BCUT2D eigenvalue weighted by molar-refractivity contribution is -0.137. The molecule has 17 heavy (non-hydrogen) atoms. The van der Waals surface area contributed by atoms with Crippen LogP contribution in [0.3, 0.4) is 0 Å². The largest absolute Gasteiger partial charge is 0.416 e. The molecule has 0 fully saturated rings. The molecule has 0 spiro atoms. The molecule has 0 saturated carbocycles. The maximum Gasteiger partial charge on any atom is 0.416 e. The van der Waals surface area contributed by atoms with Gasteiger partial charge in [0.25, 0.3) is 0 Å². The molecular formula is C8H6F3N3O2S. The first-order chi connectivity index (χ1) is 7.74. The van der Waals surface area contributed by atoms with Crippen LogP contribution in [0.2, 0.25) is 0 Å². The molecule has 92 valence electrons. The molecule has 0 aliphatic heterocycles. The van der Waals surface area contributed by atoms with Gasteiger partial charge in [-0.05, 0) is 23.2 Å². The highest BCUT2D eigenvalue weighted by atomic mass is 32.2. The van der Waals surface area contributed by atoms with Crippen LogP contribution in [-0.4, -0.2) is 8.42 Å². The molecule has 0 saturated heterocycles. The van der Waals surface area contributed by atoms with E-state index >= 15 is 0 Å². The monoisotopic (exact) mass is 265 g/mol. The summed E-state index contributed by atoms with van der Waals surface area (Å²) in [6, 6.07) is 3.57.